The summed E-state index contributed by atoms with van der Waals surface area (Å²) in [6.45, 7) is 5.25. The largest absolute Gasteiger partial charge is 0.330 e. The molecule has 0 heterocycles. The summed E-state index contributed by atoms with van der Waals surface area (Å²) in [6.07, 6.45) is 1.06. The molecule has 13 heavy (non-hydrogen) atoms. The lowest BCUT2D eigenvalue weighted by molar-refractivity contribution is 0.473. The van der Waals surface area contributed by atoms with Crippen LogP contribution in [0.2, 0.25) is 0 Å². The van der Waals surface area contributed by atoms with Gasteiger partial charge in [0, 0.05) is 0 Å². The standard InChI is InChI=1S/C12H18N/c1-10(2)12(8-9-13)11-6-4-3-5-7-11/h3-4,6-7,10,12H,8-9,13H2,1-2H3. The second-order valence-electron chi connectivity index (χ2n) is 3.76. The normalized spacial score (nSPS) is 13.2. The van der Waals surface area contributed by atoms with Gasteiger partial charge in [0.25, 0.3) is 0 Å². The van der Waals surface area contributed by atoms with Gasteiger partial charge < -0.3 is 5.73 Å². The maximum Gasteiger partial charge on any atom is -0.00713 e. The zero-order valence-corrected chi connectivity index (χ0v) is 8.46. The van der Waals surface area contributed by atoms with Crippen molar-refractivity contribution < 1.29 is 0 Å². The van der Waals surface area contributed by atoms with E-state index >= 15 is 0 Å². The van der Waals surface area contributed by atoms with Gasteiger partial charge in [0.1, 0.15) is 0 Å². The van der Waals surface area contributed by atoms with Crippen molar-refractivity contribution >= 4 is 0 Å². The van der Waals surface area contributed by atoms with Gasteiger partial charge in [-0.05, 0) is 36.4 Å². The number of benzene rings is 1. The summed E-state index contributed by atoms with van der Waals surface area (Å²) in [5.74, 6) is 1.24. The maximum absolute atomic E-state index is 5.59. The Hall–Kier alpha value is -0.820. The second-order valence-corrected chi connectivity index (χ2v) is 3.76. The van der Waals surface area contributed by atoms with Crippen LogP contribution in [-0.4, -0.2) is 6.54 Å². The van der Waals surface area contributed by atoms with E-state index in [2.05, 4.69) is 32.0 Å². The Morgan fingerprint density at radius 3 is 2.69 bits per heavy atom. The minimum Gasteiger partial charge on any atom is -0.330 e. The molecule has 0 spiro atoms. The molecule has 1 aromatic rings. The van der Waals surface area contributed by atoms with Gasteiger partial charge in [0.2, 0.25) is 0 Å². The van der Waals surface area contributed by atoms with Gasteiger partial charge in [-0.3, -0.25) is 0 Å². The zero-order valence-electron chi connectivity index (χ0n) is 8.46. The van der Waals surface area contributed by atoms with Crippen molar-refractivity contribution in [2.75, 3.05) is 6.54 Å². The van der Waals surface area contributed by atoms with E-state index in [1.54, 1.807) is 0 Å². The van der Waals surface area contributed by atoms with Crippen LogP contribution >= 0.6 is 0 Å². The summed E-state index contributed by atoms with van der Waals surface area (Å²) >= 11 is 0. The number of rotatable bonds is 4. The Morgan fingerprint density at radius 1 is 1.46 bits per heavy atom. The molecule has 1 aromatic carbocycles. The molecule has 1 rings (SSSR count). The highest BCUT2D eigenvalue weighted by Gasteiger charge is 2.13. The third-order valence-electron chi connectivity index (χ3n) is 2.44. The van der Waals surface area contributed by atoms with E-state index < -0.39 is 0 Å². The number of hydrogen-bond acceptors (Lipinski definition) is 1. The van der Waals surface area contributed by atoms with Gasteiger partial charge in [-0.25, -0.2) is 0 Å². The predicted octanol–water partition coefficient (Wildman–Crippen LogP) is 2.58. The minimum atomic E-state index is 0.586. The van der Waals surface area contributed by atoms with Gasteiger partial charge in [0.15, 0.2) is 0 Å². The van der Waals surface area contributed by atoms with Crippen LogP contribution in [0.1, 0.15) is 31.7 Å². The summed E-state index contributed by atoms with van der Waals surface area (Å²) in [7, 11) is 0. The van der Waals surface area contributed by atoms with Gasteiger partial charge in [-0.2, -0.15) is 0 Å². The first-order valence-electron chi connectivity index (χ1n) is 4.91. The summed E-state index contributed by atoms with van der Waals surface area (Å²) in [4.78, 5) is 0. The third kappa shape index (κ3) is 2.85. The Balaban J connectivity index is 2.76. The average Bonchev–Trinajstić information content (AvgIpc) is 2.15. The van der Waals surface area contributed by atoms with Crippen molar-refractivity contribution in [1.29, 1.82) is 0 Å². The highest BCUT2D eigenvalue weighted by Crippen LogP contribution is 2.26. The molecule has 71 valence electrons. The molecular weight excluding hydrogens is 158 g/mol. The monoisotopic (exact) mass is 176 g/mol. The van der Waals surface area contributed by atoms with Crippen molar-refractivity contribution in [2.24, 2.45) is 11.7 Å². The zero-order chi connectivity index (χ0) is 9.68. The number of nitrogens with two attached hydrogens (primary N) is 1. The fourth-order valence-corrected chi connectivity index (χ4v) is 1.70. The molecule has 1 atom stereocenters. The molecule has 1 unspecified atom stereocenters. The summed E-state index contributed by atoms with van der Waals surface area (Å²) in [6, 6.07) is 11.3. The van der Waals surface area contributed by atoms with E-state index in [9.17, 15) is 0 Å². The fourth-order valence-electron chi connectivity index (χ4n) is 1.70. The molecule has 0 aromatic heterocycles. The molecule has 0 aliphatic heterocycles. The molecule has 0 aliphatic rings. The Kier molecular flexibility index (Phi) is 3.97. The van der Waals surface area contributed by atoms with E-state index in [1.165, 1.54) is 5.56 Å². The SMILES string of the molecule is CC(C)C(CCN)c1c[c]ccc1. The summed E-state index contributed by atoms with van der Waals surface area (Å²) < 4.78 is 0. The van der Waals surface area contributed by atoms with E-state index in [0.29, 0.717) is 11.8 Å². The van der Waals surface area contributed by atoms with Crippen LogP contribution in [0.15, 0.2) is 24.3 Å². The van der Waals surface area contributed by atoms with Crippen LogP contribution in [0.4, 0.5) is 0 Å². The summed E-state index contributed by atoms with van der Waals surface area (Å²) in [5.41, 5.74) is 6.96. The topological polar surface area (TPSA) is 26.0 Å². The second kappa shape index (κ2) is 5.03. The molecule has 1 nitrogen and oxygen atoms in total. The quantitative estimate of drug-likeness (QED) is 0.749. The lowest BCUT2D eigenvalue weighted by Crippen LogP contribution is -2.12. The molecule has 2 N–H and O–H groups in total. The first-order chi connectivity index (χ1) is 6.25. The molecule has 0 saturated heterocycles. The molecule has 0 aliphatic carbocycles. The maximum atomic E-state index is 5.59. The van der Waals surface area contributed by atoms with Gasteiger partial charge in [0.05, 0.1) is 0 Å². The van der Waals surface area contributed by atoms with E-state index in [1.807, 2.05) is 12.1 Å². The Bertz CT molecular complexity index is 228. The summed E-state index contributed by atoms with van der Waals surface area (Å²) in [5, 5.41) is 0. The Labute approximate surface area is 81.0 Å². The van der Waals surface area contributed by atoms with Crippen molar-refractivity contribution in [2.45, 2.75) is 26.2 Å². The van der Waals surface area contributed by atoms with Crippen LogP contribution in [-0.2, 0) is 0 Å². The van der Waals surface area contributed by atoms with Gasteiger partial charge in [-0.1, -0.05) is 38.1 Å². The highest BCUT2D eigenvalue weighted by molar-refractivity contribution is 5.19. The van der Waals surface area contributed by atoms with E-state index in [4.69, 9.17) is 5.73 Å². The molecule has 0 amide bonds. The van der Waals surface area contributed by atoms with Crippen molar-refractivity contribution in [3.8, 4) is 0 Å². The van der Waals surface area contributed by atoms with E-state index in [-0.39, 0.29) is 0 Å². The van der Waals surface area contributed by atoms with Crippen molar-refractivity contribution in [3.05, 3.63) is 35.9 Å². The lowest BCUT2D eigenvalue weighted by atomic mass is 9.86. The Morgan fingerprint density at radius 2 is 2.23 bits per heavy atom. The van der Waals surface area contributed by atoms with Gasteiger partial charge >= 0.3 is 0 Å². The first kappa shape index (κ1) is 10.3. The average molecular weight is 176 g/mol. The fraction of sp³-hybridized carbons (Fsp3) is 0.500. The van der Waals surface area contributed by atoms with Crippen LogP contribution in [0.3, 0.4) is 0 Å². The minimum absolute atomic E-state index is 0.586. The van der Waals surface area contributed by atoms with Gasteiger partial charge in [-0.15, -0.1) is 0 Å². The number of hydrogen-bond donors (Lipinski definition) is 1. The first-order valence-corrected chi connectivity index (χ1v) is 4.91. The molecule has 1 heteroatoms. The highest BCUT2D eigenvalue weighted by atomic mass is 14.5. The van der Waals surface area contributed by atoms with Crippen LogP contribution in [0.25, 0.3) is 0 Å². The smallest absolute Gasteiger partial charge is 0.00713 e. The third-order valence-corrected chi connectivity index (χ3v) is 2.44. The molecule has 0 bridgehead atoms. The molecule has 0 fully saturated rings. The van der Waals surface area contributed by atoms with E-state index in [0.717, 1.165) is 13.0 Å². The molecular formula is C12H18N. The molecule has 1 radical (unpaired) electrons. The van der Waals surface area contributed by atoms with Crippen LogP contribution in [0.5, 0.6) is 0 Å². The predicted molar refractivity (Wildman–Crippen MR) is 56.5 cm³/mol. The van der Waals surface area contributed by atoms with Crippen molar-refractivity contribution in [1.82, 2.24) is 0 Å². The van der Waals surface area contributed by atoms with Crippen LogP contribution < -0.4 is 5.73 Å². The van der Waals surface area contributed by atoms with Crippen molar-refractivity contribution in [3.63, 3.8) is 0 Å². The van der Waals surface area contributed by atoms with Crippen LogP contribution in [0, 0.1) is 12.0 Å². The molecule has 0 saturated carbocycles. The lowest BCUT2D eigenvalue weighted by Gasteiger charge is -2.20.